The van der Waals surface area contributed by atoms with Crippen molar-refractivity contribution in [3.05, 3.63) is 35.4 Å². The fourth-order valence-corrected chi connectivity index (χ4v) is 5.21. The van der Waals surface area contributed by atoms with Crippen LogP contribution in [0.3, 0.4) is 0 Å². The summed E-state index contributed by atoms with van der Waals surface area (Å²) in [4.78, 5) is 16.6. The van der Waals surface area contributed by atoms with Gasteiger partial charge in [-0.15, -0.1) is 0 Å². The van der Waals surface area contributed by atoms with Gasteiger partial charge in [-0.2, -0.15) is 0 Å². The molecule has 0 aliphatic carbocycles. The number of carbonyl (C=O) groups is 1. The van der Waals surface area contributed by atoms with Crippen LogP contribution < -0.4 is 5.32 Å². The maximum Gasteiger partial charge on any atom is 0.409 e. The van der Waals surface area contributed by atoms with Crippen LogP contribution in [0.25, 0.3) is 0 Å². The summed E-state index contributed by atoms with van der Waals surface area (Å²) in [7, 11) is 0. The SMILES string of the molecule is CCOC(=O)N1CCCC(N2CCC(C3NCc4ccccc43)CC2)CC1. The van der Waals surface area contributed by atoms with E-state index in [-0.39, 0.29) is 6.09 Å². The minimum atomic E-state index is -0.136. The zero-order valence-electron chi connectivity index (χ0n) is 16.5. The Morgan fingerprint density at radius 2 is 1.93 bits per heavy atom. The second-order valence-corrected chi connectivity index (χ2v) is 8.20. The van der Waals surface area contributed by atoms with Gasteiger partial charge in [0.05, 0.1) is 6.61 Å². The highest BCUT2D eigenvalue weighted by atomic mass is 16.6. The number of benzene rings is 1. The van der Waals surface area contributed by atoms with E-state index in [0.29, 0.717) is 18.7 Å². The summed E-state index contributed by atoms with van der Waals surface area (Å²) in [5, 5.41) is 3.75. The van der Waals surface area contributed by atoms with Crippen LogP contribution in [0.2, 0.25) is 0 Å². The third kappa shape index (κ3) is 4.14. The first-order chi connectivity index (χ1) is 13.3. The number of hydrogen-bond acceptors (Lipinski definition) is 4. The van der Waals surface area contributed by atoms with Crippen molar-refractivity contribution in [2.75, 3.05) is 32.8 Å². The van der Waals surface area contributed by atoms with E-state index in [0.717, 1.165) is 38.4 Å². The lowest BCUT2D eigenvalue weighted by Crippen LogP contribution is -2.43. The minimum Gasteiger partial charge on any atom is -0.450 e. The number of nitrogens with one attached hydrogen (secondary N) is 1. The molecule has 1 aromatic rings. The first kappa shape index (κ1) is 18.8. The first-order valence-electron chi connectivity index (χ1n) is 10.7. The number of carbonyl (C=O) groups excluding carboxylic acids is 1. The molecule has 3 heterocycles. The van der Waals surface area contributed by atoms with Crippen molar-refractivity contribution in [2.45, 2.75) is 57.7 Å². The van der Waals surface area contributed by atoms with Crippen molar-refractivity contribution in [1.29, 1.82) is 0 Å². The van der Waals surface area contributed by atoms with Crippen molar-refractivity contribution < 1.29 is 9.53 Å². The molecule has 2 atom stereocenters. The van der Waals surface area contributed by atoms with Crippen molar-refractivity contribution in [3.63, 3.8) is 0 Å². The van der Waals surface area contributed by atoms with E-state index in [4.69, 9.17) is 4.74 Å². The first-order valence-corrected chi connectivity index (χ1v) is 10.7. The molecule has 3 aliphatic rings. The normalized spacial score (nSPS) is 27.2. The summed E-state index contributed by atoms with van der Waals surface area (Å²) >= 11 is 0. The highest BCUT2D eigenvalue weighted by Gasteiger charge is 2.34. The van der Waals surface area contributed by atoms with E-state index in [1.54, 1.807) is 0 Å². The van der Waals surface area contributed by atoms with Gasteiger partial charge in [-0.25, -0.2) is 4.79 Å². The molecule has 1 N–H and O–H groups in total. The Morgan fingerprint density at radius 1 is 1.11 bits per heavy atom. The van der Waals surface area contributed by atoms with Gasteiger partial charge in [0.2, 0.25) is 0 Å². The number of nitrogens with zero attached hydrogens (tertiary/aromatic N) is 2. The Labute approximate surface area is 163 Å². The zero-order chi connectivity index (χ0) is 18.6. The van der Waals surface area contributed by atoms with Gasteiger partial charge in [-0.1, -0.05) is 24.3 Å². The largest absolute Gasteiger partial charge is 0.450 e. The van der Waals surface area contributed by atoms with E-state index in [1.807, 2.05) is 11.8 Å². The Morgan fingerprint density at radius 3 is 2.74 bits per heavy atom. The monoisotopic (exact) mass is 371 g/mol. The summed E-state index contributed by atoms with van der Waals surface area (Å²) in [6.07, 6.45) is 5.76. The van der Waals surface area contributed by atoms with Crippen LogP contribution in [0.1, 0.15) is 56.2 Å². The summed E-state index contributed by atoms with van der Waals surface area (Å²) in [6, 6.07) is 10.1. The lowest BCUT2D eigenvalue weighted by atomic mass is 9.85. The summed E-state index contributed by atoms with van der Waals surface area (Å²) in [6.45, 7) is 7.41. The molecule has 0 bridgehead atoms. The molecule has 3 aliphatic heterocycles. The van der Waals surface area contributed by atoms with Gasteiger partial charge < -0.3 is 19.9 Å². The van der Waals surface area contributed by atoms with Crippen molar-refractivity contribution in [1.82, 2.24) is 15.1 Å². The van der Waals surface area contributed by atoms with Gasteiger partial charge in [0.25, 0.3) is 0 Å². The molecular weight excluding hydrogens is 338 g/mol. The van der Waals surface area contributed by atoms with Crippen LogP contribution in [0.5, 0.6) is 0 Å². The Balaban J connectivity index is 1.29. The van der Waals surface area contributed by atoms with Crippen molar-refractivity contribution in [3.8, 4) is 0 Å². The molecule has 148 valence electrons. The van der Waals surface area contributed by atoms with Gasteiger partial charge in [0, 0.05) is 31.7 Å². The number of hydrogen-bond donors (Lipinski definition) is 1. The Bertz CT molecular complexity index is 642. The fourth-order valence-electron chi connectivity index (χ4n) is 5.21. The van der Waals surface area contributed by atoms with Gasteiger partial charge in [0.1, 0.15) is 0 Å². The summed E-state index contributed by atoms with van der Waals surface area (Å²) in [5.74, 6) is 0.742. The molecule has 2 saturated heterocycles. The van der Waals surface area contributed by atoms with Crippen LogP contribution in [0.4, 0.5) is 4.79 Å². The topological polar surface area (TPSA) is 44.8 Å². The van der Waals surface area contributed by atoms with Crippen LogP contribution in [0, 0.1) is 5.92 Å². The van der Waals surface area contributed by atoms with Gasteiger partial charge in [-0.05, 0) is 69.2 Å². The molecule has 4 rings (SSSR count). The van der Waals surface area contributed by atoms with Crippen molar-refractivity contribution in [2.24, 2.45) is 5.92 Å². The summed E-state index contributed by atoms with van der Waals surface area (Å²) in [5.41, 5.74) is 3.00. The van der Waals surface area contributed by atoms with Crippen LogP contribution in [0.15, 0.2) is 24.3 Å². The number of amides is 1. The molecule has 27 heavy (non-hydrogen) atoms. The smallest absolute Gasteiger partial charge is 0.409 e. The molecule has 5 nitrogen and oxygen atoms in total. The second kappa shape index (κ2) is 8.61. The zero-order valence-corrected chi connectivity index (χ0v) is 16.5. The number of rotatable bonds is 3. The van der Waals surface area contributed by atoms with Crippen LogP contribution >= 0.6 is 0 Å². The van der Waals surface area contributed by atoms with Gasteiger partial charge in [-0.3, -0.25) is 0 Å². The maximum atomic E-state index is 12.0. The molecule has 0 aromatic heterocycles. The fraction of sp³-hybridized carbons (Fsp3) is 0.682. The van der Waals surface area contributed by atoms with E-state index >= 15 is 0 Å². The highest BCUT2D eigenvalue weighted by Crippen LogP contribution is 2.37. The number of fused-ring (bicyclic) bond motifs is 1. The lowest BCUT2D eigenvalue weighted by molar-refractivity contribution is 0.0989. The third-order valence-corrected chi connectivity index (χ3v) is 6.69. The lowest BCUT2D eigenvalue weighted by Gasteiger charge is -2.39. The predicted molar refractivity (Wildman–Crippen MR) is 107 cm³/mol. The molecule has 1 amide bonds. The van der Waals surface area contributed by atoms with E-state index in [9.17, 15) is 4.79 Å². The molecule has 0 radical (unpaired) electrons. The summed E-state index contributed by atoms with van der Waals surface area (Å²) < 4.78 is 5.18. The molecular formula is C22H33N3O2. The molecule has 2 unspecified atom stereocenters. The van der Waals surface area contributed by atoms with E-state index in [2.05, 4.69) is 34.5 Å². The molecule has 5 heteroatoms. The van der Waals surface area contributed by atoms with E-state index < -0.39 is 0 Å². The van der Waals surface area contributed by atoms with Crippen LogP contribution in [-0.2, 0) is 11.3 Å². The Hall–Kier alpha value is -1.59. The van der Waals surface area contributed by atoms with Crippen molar-refractivity contribution >= 4 is 6.09 Å². The molecule has 1 aromatic carbocycles. The average molecular weight is 372 g/mol. The number of ether oxygens (including phenoxy) is 1. The molecule has 0 saturated carbocycles. The number of likely N-dealkylation sites (tertiary alicyclic amines) is 2. The highest BCUT2D eigenvalue weighted by molar-refractivity contribution is 5.67. The third-order valence-electron chi connectivity index (χ3n) is 6.69. The maximum absolute atomic E-state index is 12.0. The quantitative estimate of drug-likeness (QED) is 0.882. The Kier molecular flexibility index (Phi) is 5.98. The molecule has 0 spiro atoms. The molecule has 2 fully saturated rings. The number of piperidine rings is 1. The second-order valence-electron chi connectivity index (χ2n) is 8.20. The average Bonchev–Trinajstić information content (AvgIpc) is 2.97. The van der Waals surface area contributed by atoms with Gasteiger partial charge >= 0.3 is 6.09 Å². The van der Waals surface area contributed by atoms with E-state index in [1.165, 1.54) is 43.5 Å². The minimum absolute atomic E-state index is 0.136. The predicted octanol–water partition coefficient (Wildman–Crippen LogP) is 3.55. The standard InChI is InChI=1S/C22H33N3O2/c1-2-27-22(26)25-12-5-7-19(11-15-25)24-13-9-17(10-14-24)21-20-8-4-3-6-18(20)16-23-21/h3-4,6,8,17,19,21,23H,2,5,7,9-16H2,1H3. The van der Waals surface area contributed by atoms with Gasteiger partial charge in [0.15, 0.2) is 0 Å². The van der Waals surface area contributed by atoms with Crippen LogP contribution in [-0.4, -0.2) is 54.7 Å².